The van der Waals surface area contributed by atoms with Crippen LogP contribution in [0.1, 0.15) is 0 Å². The van der Waals surface area contributed by atoms with E-state index in [1.165, 1.54) is 0 Å². The van der Waals surface area contributed by atoms with Crippen molar-refractivity contribution in [2.75, 3.05) is 0 Å². The first-order valence-electron chi connectivity index (χ1n) is 3.10. The maximum atomic E-state index is 11.1. The van der Waals surface area contributed by atoms with E-state index in [-0.39, 0.29) is 0 Å². The molecule has 72 valence electrons. The van der Waals surface area contributed by atoms with Crippen LogP contribution >= 0.6 is 15.6 Å². The highest BCUT2D eigenvalue weighted by Crippen LogP contribution is 2.88. The number of phosphoric ester groups is 2. The molecule has 0 unspecified atom stereocenters. The van der Waals surface area contributed by atoms with Crippen LogP contribution in [0, 0.1) is 0 Å². The highest BCUT2D eigenvalue weighted by atomic mass is 31.2. The van der Waals surface area contributed by atoms with Crippen molar-refractivity contribution in [1.29, 1.82) is 0 Å². The van der Waals surface area contributed by atoms with Gasteiger partial charge in [0.2, 0.25) is 0 Å². The van der Waals surface area contributed by atoms with Gasteiger partial charge in [-0.15, -0.1) is 4.67 Å². The number of hydrogen-bond donors (Lipinski definition) is 0. The summed E-state index contributed by atoms with van der Waals surface area (Å²) in [6.07, 6.45) is 0. The maximum Gasteiger partial charge on any atom is 0.511 e. The van der Waals surface area contributed by atoms with Crippen molar-refractivity contribution >= 4 is 15.6 Å². The lowest BCUT2D eigenvalue weighted by Crippen LogP contribution is -2.65. The van der Waals surface area contributed by atoms with Crippen LogP contribution in [0.4, 0.5) is 0 Å². The van der Waals surface area contributed by atoms with Gasteiger partial charge in [-0.1, -0.05) is 0 Å². The van der Waals surface area contributed by atoms with Gasteiger partial charge in [0.25, 0.3) is 0 Å². The molecule has 6 aliphatic heterocycles. The third kappa shape index (κ3) is 0.592. The molecule has 4 bridgehead atoms. The van der Waals surface area contributed by atoms with E-state index < -0.39 is 27.6 Å². The van der Waals surface area contributed by atoms with Crippen molar-refractivity contribution in [3.05, 3.63) is 0 Å². The van der Waals surface area contributed by atoms with E-state index in [1.54, 1.807) is 0 Å². The molecule has 6 heterocycles. The van der Waals surface area contributed by atoms with Gasteiger partial charge in [0.1, 0.15) is 0 Å². The molecule has 0 N–H and O–H groups in total. The van der Waals surface area contributed by atoms with Gasteiger partial charge >= 0.3 is 27.6 Å². The lowest BCUT2D eigenvalue weighted by Gasteiger charge is -2.48. The molecular formula is C2O9P2. The highest BCUT2D eigenvalue weighted by molar-refractivity contribution is 7.52. The molecule has 6 saturated heterocycles. The normalized spacial score (nSPS) is 72.3. The molecule has 13 heavy (non-hydrogen) atoms. The van der Waals surface area contributed by atoms with Crippen LogP contribution in [0.25, 0.3) is 0 Å². The third-order valence-electron chi connectivity index (χ3n) is 1.77. The van der Waals surface area contributed by atoms with Gasteiger partial charge < -0.3 is 0 Å². The Morgan fingerprint density at radius 3 is 2.00 bits per heavy atom. The summed E-state index contributed by atoms with van der Waals surface area (Å²) in [5.41, 5.74) is 0. The van der Waals surface area contributed by atoms with Gasteiger partial charge in [0.05, 0.1) is 0 Å². The fraction of sp³-hybridized carbons (Fsp3) is 1.00. The molecular weight excluding hydrogens is 230 g/mol. The highest BCUT2D eigenvalue weighted by Gasteiger charge is 2.95. The molecule has 0 amide bonds. The topological polar surface area (TPSA) is 98.8 Å². The van der Waals surface area contributed by atoms with Crippen LogP contribution in [0.2, 0.25) is 0 Å². The summed E-state index contributed by atoms with van der Waals surface area (Å²) in [5, 5.41) is 0. The molecule has 0 atom stereocenters. The molecule has 6 aliphatic rings. The fourth-order valence-electron chi connectivity index (χ4n) is 1.31. The van der Waals surface area contributed by atoms with Crippen LogP contribution < -0.4 is 0 Å². The van der Waals surface area contributed by atoms with Gasteiger partial charge in [0, 0.05) is 0 Å². The third-order valence-corrected chi connectivity index (χ3v) is 4.35. The molecule has 0 aromatic rings. The Bertz CT molecular complexity index is 392. The summed E-state index contributed by atoms with van der Waals surface area (Å²) in [6.45, 7) is 0. The van der Waals surface area contributed by atoms with Gasteiger partial charge in [-0.05, 0) is 0 Å². The zero-order valence-electron chi connectivity index (χ0n) is 5.57. The Morgan fingerprint density at radius 2 is 1.31 bits per heavy atom. The van der Waals surface area contributed by atoms with E-state index in [1.807, 2.05) is 0 Å². The zero-order valence-corrected chi connectivity index (χ0v) is 7.36. The quantitative estimate of drug-likeness (QED) is 0.437. The number of hydrogen-bond acceptors (Lipinski definition) is 9. The van der Waals surface area contributed by atoms with E-state index >= 15 is 0 Å². The summed E-state index contributed by atoms with van der Waals surface area (Å²) >= 11 is 0. The Balaban J connectivity index is 1.88. The lowest BCUT2D eigenvalue weighted by molar-refractivity contribution is -0.585. The van der Waals surface area contributed by atoms with Gasteiger partial charge in [-0.25, -0.2) is 31.7 Å². The maximum absolute atomic E-state index is 11.1. The van der Waals surface area contributed by atoms with Crippen molar-refractivity contribution in [3.63, 3.8) is 0 Å². The van der Waals surface area contributed by atoms with E-state index in [0.717, 1.165) is 0 Å². The Kier molecular flexibility index (Phi) is 0.900. The number of fused-ring (bicyclic) bond motifs is 1. The van der Waals surface area contributed by atoms with E-state index in [0.29, 0.717) is 0 Å². The molecule has 11 heteroatoms. The van der Waals surface area contributed by atoms with Gasteiger partial charge in [-0.3, -0.25) is 0 Å². The zero-order chi connectivity index (χ0) is 8.95. The second-order valence-corrected chi connectivity index (χ2v) is 5.47. The van der Waals surface area contributed by atoms with Gasteiger partial charge in [-0.2, -0.15) is 4.89 Å². The predicted molar refractivity (Wildman–Crippen MR) is 28.3 cm³/mol. The molecule has 0 aliphatic carbocycles. The van der Waals surface area contributed by atoms with Crippen molar-refractivity contribution < 1.29 is 41.3 Å². The minimum Gasteiger partial charge on any atom is -0.227 e. The molecule has 9 nitrogen and oxygen atoms in total. The SMILES string of the molecule is O=P12OOC34OP(=O)(OC3(O1)O2)O4. The van der Waals surface area contributed by atoms with Gasteiger partial charge in [0.15, 0.2) is 0 Å². The molecule has 0 saturated carbocycles. The minimum absolute atomic E-state index is 1.95. The minimum atomic E-state index is -3.70. The summed E-state index contributed by atoms with van der Waals surface area (Å²) in [5.74, 6) is -3.90. The average molecular weight is 230 g/mol. The number of phosphoric acid groups is 2. The van der Waals surface area contributed by atoms with E-state index in [2.05, 4.69) is 32.2 Å². The predicted octanol–water partition coefficient (Wildman–Crippen LogP) is 0.596. The van der Waals surface area contributed by atoms with Crippen molar-refractivity contribution in [1.82, 2.24) is 0 Å². The largest absolute Gasteiger partial charge is 0.511 e. The first-order valence-corrected chi connectivity index (χ1v) is 6.02. The van der Waals surface area contributed by atoms with Crippen LogP contribution in [-0.4, -0.2) is 11.9 Å². The molecule has 6 rings (SSSR count). The molecule has 0 aromatic heterocycles. The summed E-state index contributed by atoms with van der Waals surface area (Å²) < 4.78 is 49.4. The second kappa shape index (κ2) is 1.57. The molecule has 0 aromatic carbocycles. The van der Waals surface area contributed by atoms with Crippen molar-refractivity contribution in [2.24, 2.45) is 0 Å². The fourth-order valence-corrected chi connectivity index (χ4v) is 4.02. The Hall–Kier alpha value is 0.180. The average Bonchev–Trinajstić information content (AvgIpc) is 2.28. The summed E-state index contributed by atoms with van der Waals surface area (Å²) in [6, 6.07) is 0. The molecule has 2 spiro atoms. The molecule has 6 fully saturated rings. The van der Waals surface area contributed by atoms with Crippen LogP contribution in [0.3, 0.4) is 0 Å². The monoisotopic (exact) mass is 230 g/mol. The Morgan fingerprint density at radius 1 is 0.769 bits per heavy atom. The second-order valence-electron chi connectivity index (χ2n) is 2.62. The van der Waals surface area contributed by atoms with E-state index in [4.69, 9.17) is 0 Å². The van der Waals surface area contributed by atoms with E-state index in [9.17, 15) is 9.13 Å². The Labute approximate surface area is 69.9 Å². The smallest absolute Gasteiger partial charge is 0.227 e. The molecule has 0 radical (unpaired) electrons. The summed E-state index contributed by atoms with van der Waals surface area (Å²) in [4.78, 5) is 4.42. The van der Waals surface area contributed by atoms with Crippen LogP contribution in [0.5, 0.6) is 0 Å². The lowest BCUT2D eigenvalue weighted by atomic mass is 10.5. The standard InChI is InChI=1S/C2O9P2/c3-12-6-1(7-12)2(8-12)9-13(4,10-2)11-5-1. The first-order chi connectivity index (χ1) is 5.99. The van der Waals surface area contributed by atoms with Crippen LogP contribution in [0.15, 0.2) is 0 Å². The van der Waals surface area contributed by atoms with Crippen molar-refractivity contribution in [3.8, 4) is 0 Å². The first kappa shape index (κ1) is 7.47. The summed E-state index contributed by atoms with van der Waals surface area (Å²) in [7, 11) is -7.34. The number of rotatable bonds is 0. The van der Waals surface area contributed by atoms with Crippen molar-refractivity contribution in [2.45, 2.75) is 11.9 Å². The van der Waals surface area contributed by atoms with Crippen LogP contribution in [-0.2, 0) is 41.3 Å².